The summed E-state index contributed by atoms with van der Waals surface area (Å²) >= 11 is 9.16. The van der Waals surface area contributed by atoms with Crippen LogP contribution in [0, 0.1) is 0 Å². The summed E-state index contributed by atoms with van der Waals surface area (Å²) < 4.78 is 5.93. The predicted molar refractivity (Wildman–Crippen MR) is 54.7 cm³/mol. The van der Waals surface area contributed by atoms with Crippen molar-refractivity contribution in [3.05, 3.63) is 27.2 Å². The zero-order valence-corrected chi connectivity index (χ0v) is 9.35. The monoisotopic (exact) mass is 265 g/mol. The molecule has 1 rings (SSSR count). The predicted octanol–water partition coefficient (Wildman–Crippen LogP) is 2.50. The van der Waals surface area contributed by atoms with Crippen molar-refractivity contribution in [2.24, 2.45) is 5.90 Å². The molecule has 5 heteroatoms. The Morgan fingerprint density at radius 3 is 2.77 bits per heavy atom. The van der Waals surface area contributed by atoms with Crippen molar-refractivity contribution in [2.75, 3.05) is 7.11 Å². The third-order valence-corrected chi connectivity index (χ3v) is 2.34. The molecule has 0 bridgehead atoms. The third kappa shape index (κ3) is 2.57. The Morgan fingerprint density at radius 1 is 1.54 bits per heavy atom. The molecule has 1 aromatic carbocycles. The highest BCUT2D eigenvalue weighted by atomic mass is 79.9. The number of methoxy groups -OCH3 is 1. The molecule has 0 radical (unpaired) electrons. The van der Waals surface area contributed by atoms with Crippen LogP contribution in [0.4, 0.5) is 0 Å². The van der Waals surface area contributed by atoms with Gasteiger partial charge in [0.1, 0.15) is 5.75 Å². The number of rotatable bonds is 3. The summed E-state index contributed by atoms with van der Waals surface area (Å²) in [4.78, 5) is 4.52. The van der Waals surface area contributed by atoms with Gasteiger partial charge >= 0.3 is 0 Å². The Hall–Kier alpha value is -0.290. The van der Waals surface area contributed by atoms with Gasteiger partial charge in [-0.05, 0) is 28.1 Å². The standard InChI is InChI=1S/C8H9BrClNO2/c1-12-8-5(4-13-11)2-6(10)3-7(8)9/h2-3H,4,11H2,1H3. The van der Waals surface area contributed by atoms with Crippen LogP contribution < -0.4 is 10.6 Å². The highest BCUT2D eigenvalue weighted by Gasteiger charge is 2.08. The average Bonchev–Trinajstić information content (AvgIpc) is 2.04. The Morgan fingerprint density at radius 2 is 2.23 bits per heavy atom. The maximum Gasteiger partial charge on any atom is 0.138 e. The first-order valence-electron chi connectivity index (χ1n) is 3.52. The fourth-order valence-electron chi connectivity index (χ4n) is 1.04. The Bertz CT molecular complexity index is 306. The van der Waals surface area contributed by atoms with E-state index in [9.17, 15) is 0 Å². The van der Waals surface area contributed by atoms with Crippen molar-refractivity contribution in [3.63, 3.8) is 0 Å². The fraction of sp³-hybridized carbons (Fsp3) is 0.250. The Labute approximate surface area is 89.9 Å². The Balaban J connectivity index is 3.13. The molecule has 0 saturated heterocycles. The lowest BCUT2D eigenvalue weighted by atomic mass is 10.2. The van der Waals surface area contributed by atoms with Gasteiger partial charge in [-0.3, -0.25) is 4.84 Å². The second-order valence-corrected chi connectivity index (χ2v) is 3.68. The molecule has 0 aliphatic carbocycles. The molecule has 0 amide bonds. The quantitative estimate of drug-likeness (QED) is 0.855. The number of ether oxygens (including phenoxy) is 1. The molecule has 13 heavy (non-hydrogen) atoms. The molecular formula is C8H9BrClNO2. The van der Waals surface area contributed by atoms with Gasteiger partial charge in [0.2, 0.25) is 0 Å². The van der Waals surface area contributed by atoms with E-state index in [-0.39, 0.29) is 6.61 Å². The van der Waals surface area contributed by atoms with Gasteiger partial charge in [0.25, 0.3) is 0 Å². The van der Waals surface area contributed by atoms with E-state index in [0.717, 1.165) is 10.0 Å². The normalized spacial score (nSPS) is 10.2. The average molecular weight is 267 g/mol. The van der Waals surface area contributed by atoms with Gasteiger partial charge in [-0.2, -0.15) is 0 Å². The molecule has 0 aliphatic heterocycles. The SMILES string of the molecule is COc1c(Br)cc(Cl)cc1CON. The number of hydrogen-bond donors (Lipinski definition) is 1. The highest BCUT2D eigenvalue weighted by Crippen LogP contribution is 2.32. The van der Waals surface area contributed by atoms with Gasteiger partial charge in [-0.15, -0.1) is 0 Å². The first-order chi connectivity index (χ1) is 6.19. The maximum absolute atomic E-state index is 5.83. The zero-order valence-electron chi connectivity index (χ0n) is 7.01. The van der Waals surface area contributed by atoms with Crippen LogP contribution in [0.25, 0.3) is 0 Å². The molecular weight excluding hydrogens is 257 g/mol. The first kappa shape index (κ1) is 10.8. The van der Waals surface area contributed by atoms with Gasteiger partial charge in [-0.1, -0.05) is 11.6 Å². The van der Waals surface area contributed by atoms with E-state index >= 15 is 0 Å². The minimum atomic E-state index is 0.266. The summed E-state index contributed by atoms with van der Waals surface area (Å²) in [6.07, 6.45) is 0. The molecule has 2 N–H and O–H groups in total. The minimum Gasteiger partial charge on any atom is -0.495 e. The van der Waals surface area contributed by atoms with Gasteiger partial charge in [0.05, 0.1) is 18.2 Å². The van der Waals surface area contributed by atoms with E-state index < -0.39 is 0 Å². The Kier molecular flexibility index (Phi) is 3.99. The summed E-state index contributed by atoms with van der Waals surface area (Å²) in [5, 5.41) is 0.611. The van der Waals surface area contributed by atoms with Crippen molar-refractivity contribution in [1.29, 1.82) is 0 Å². The summed E-state index contributed by atoms with van der Waals surface area (Å²) in [5.74, 6) is 5.66. The molecule has 3 nitrogen and oxygen atoms in total. The van der Waals surface area contributed by atoms with E-state index in [1.165, 1.54) is 0 Å². The molecule has 0 unspecified atom stereocenters. The largest absolute Gasteiger partial charge is 0.495 e. The number of halogens is 2. The van der Waals surface area contributed by atoms with Crippen LogP contribution in [-0.2, 0) is 11.4 Å². The molecule has 1 aromatic rings. The summed E-state index contributed by atoms with van der Waals surface area (Å²) in [5.41, 5.74) is 0.810. The van der Waals surface area contributed by atoms with Crippen LogP contribution in [0.15, 0.2) is 16.6 Å². The maximum atomic E-state index is 5.83. The van der Waals surface area contributed by atoms with E-state index in [4.69, 9.17) is 22.2 Å². The van der Waals surface area contributed by atoms with Crippen LogP contribution in [-0.4, -0.2) is 7.11 Å². The van der Waals surface area contributed by atoms with Crippen molar-refractivity contribution in [1.82, 2.24) is 0 Å². The topological polar surface area (TPSA) is 44.5 Å². The molecule has 0 saturated carbocycles. The van der Waals surface area contributed by atoms with Gasteiger partial charge in [0, 0.05) is 10.6 Å². The molecule has 0 atom stereocenters. The first-order valence-corrected chi connectivity index (χ1v) is 4.69. The van der Waals surface area contributed by atoms with Crippen molar-refractivity contribution >= 4 is 27.5 Å². The van der Waals surface area contributed by atoms with Gasteiger partial charge in [-0.25, -0.2) is 5.90 Å². The number of benzene rings is 1. The molecule has 0 aliphatic rings. The molecule has 0 fully saturated rings. The number of nitrogens with two attached hydrogens (primary N) is 1. The second-order valence-electron chi connectivity index (χ2n) is 2.39. The lowest BCUT2D eigenvalue weighted by Crippen LogP contribution is -2.01. The minimum absolute atomic E-state index is 0.266. The molecule has 0 heterocycles. The van der Waals surface area contributed by atoms with Crippen LogP contribution in [0.5, 0.6) is 5.75 Å². The van der Waals surface area contributed by atoms with Gasteiger partial charge in [0.15, 0.2) is 0 Å². The van der Waals surface area contributed by atoms with Crippen LogP contribution in [0.3, 0.4) is 0 Å². The van der Waals surface area contributed by atoms with Crippen molar-refractivity contribution in [3.8, 4) is 5.75 Å². The fourth-order valence-corrected chi connectivity index (χ4v) is 2.07. The highest BCUT2D eigenvalue weighted by molar-refractivity contribution is 9.10. The van der Waals surface area contributed by atoms with Crippen LogP contribution in [0.1, 0.15) is 5.56 Å². The van der Waals surface area contributed by atoms with E-state index in [0.29, 0.717) is 10.8 Å². The zero-order chi connectivity index (χ0) is 9.84. The molecule has 0 aromatic heterocycles. The molecule has 72 valence electrons. The summed E-state index contributed by atoms with van der Waals surface area (Å²) in [6, 6.07) is 3.50. The summed E-state index contributed by atoms with van der Waals surface area (Å²) in [7, 11) is 1.58. The molecule has 0 spiro atoms. The number of hydrogen-bond acceptors (Lipinski definition) is 3. The van der Waals surface area contributed by atoms with Crippen LogP contribution in [0.2, 0.25) is 5.02 Å². The van der Waals surface area contributed by atoms with E-state index in [2.05, 4.69) is 20.8 Å². The second kappa shape index (κ2) is 4.81. The van der Waals surface area contributed by atoms with Crippen molar-refractivity contribution < 1.29 is 9.57 Å². The third-order valence-electron chi connectivity index (χ3n) is 1.53. The van der Waals surface area contributed by atoms with E-state index in [1.54, 1.807) is 19.2 Å². The van der Waals surface area contributed by atoms with Crippen LogP contribution >= 0.6 is 27.5 Å². The lowest BCUT2D eigenvalue weighted by molar-refractivity contribution is 0.122. The van der Waals surface area contributed by atoms with Crippen molar-refractivity contribution in [2.45, 2.75) is 6.61 Å². The van der Waals surface area contributed by atoms with E-state index in [1.807, 2.05) is 0 Å². The summed E-state index contributed by atoms with van der Waals surface area (Å²) in [6.45, 7) is 0.266. The van der Waals surface area contributed by atoms with Gasteiger partial charge < -0.3 is 4.74 Å². The smallest absolute Gasteiger partial charge is 0.138 e. The lowest BCUT2D eigenvalue weighted by Gasteiger charge is -2.09.